The molecule has 2 nitrogen and oxygen atoms in total. The summed E-state index contributed by atoms with van der Waals surface area (Å²) in [7, 11) is 0. The van der Waals surface area contributed by atoms with E-state index in [2.05, 4.69) is 0 Å². The maximum Gasteiger partial charge on any atom is 0.0783 e. The van der Waals surface area contributed by atoms with Crippen LogP contribution in [0.15, 0.2) is 30.3 Å². The van der Waals surface area contributed by atoms with Gasteiger partial charge in [-0.25, -0.2) is 0 Å². The standard InChI is InChI=1S/C10H15NO/c1-10(2,12)9(11)8-6-4-3-5-7-8/h3-7,9,12H,11H2,1-2H3/t9-/m0/s1/i1+1D3,2+1D3. The summed E-state index contributed by atoms with van der Waals surface area (Å²) in [5.41, 5.74) is 2.95. The third-order valence-corrected chi connectivity index (χ3v) is 1.61. The molecule has 1 aromatic carbocycles. The maximum atomic E-state index is 10.2. The molecule has 1 atom stereocenters. The van der Waals surface area contributed by atoms with Gasteiger partial charge in [-0.1, -0.05) is 30.3 Å². The summed E-state index contributed by atoms with van der Waals surface area (Å²) in [5.74, 6) is 0. The van der Waals surface area contributed by atoms with E-state index < -0.39 is 25.3 Å². The van der Waals surface area contributed by atoms with Gasteiger partial charge in [-0.05, 0) is 19.3 Å². The first kappa shape index (κ1) is 3.90. The number of hydrogen-bond donors (Lipinski definition) is 2. The monoisotopic (exact) mass is 173 g/mol. The summed E-state index contributed by atoms with van der Waals surface area (Å²) in [6.07, 6.45) is 0. The Morgan fingerprint density at radius 1 is 1.42 bits per heavy atom. The topological polar surface area (TPSA) is 46.2 Å². The van der Waals surface area contributed by atoms with E-state index in [4.69, 9.17) is 14.0 Å². The highest BCUT2D eigenvalue weighted by atomic mass is 16.3. The first-order valence-corrected chi connectivity index (χ1v) is 3.54. The largest absolute Gasteiger partial charge is 0.388 e. The molecule has 0 saturated carbocycles. The van der Waals surface area contributed by atoms with Gasteiger partial charge in [0.15, 0.2) is 0 Å². The average Bonchev–Trinajstić information content (AvgIpc) is 2.25. The molecule has 1 aromatic rings. The van der Waals surface area contributed by atoms with Crippen LogP contribution in [0.5, 0.6) is 0 Å². The fourth-order valence-corrected chi connectivity index (χ4v) is 0.902. The van der Waals surface area contributed by atoms with E-state index in [0.717, 1.165) is 0 Å². The molecule has 0 spiro atoms. The molecule has 0 aliphatic carbocycles. The fourth-order valence-electron chi connectivity index (χ4n) is 0.902. The van der Waals surface area contributed by atoms with E-state index in [1.165, 1.54) is 12.1 Å². The molecule has 0 aliphatic heterocycles. The molecule has 0 aliphatic rings. The van der Waals surface area contributed by atoms with Crippen molar-refractivity contribution in [1.82, 2.24) is 0 Å². The van der Waals surface area contributed by atoms with Crippen molar-refractivity contribution in [3.8, 4) is 0 Å². The third kappa shape index (κ3) is 2.06. The van der Waals surface area contributed by atoms with Crippen molar-refractivity contribution in [3.05, 3.63) is 35.9 Å². The summed E-state index contributed by atoms with van der Waals surface area (Å²) < 4.78 is 43.6. The molecule has 0 amide bonds. The van der Waals surface area contributed by atoms with Crippen LogP contribution in [0.4, 0.5) is 0 Å². The van der Waals surface area contributed by atoms with Crippen LogP contribution in [0.2, 0.25) is 0 Å². The first-order valence-electron chi connectivity index (χ1n) is 6.54. The fraction of sp³-hybridized carbons (Fsp3) is 0.400. The van der Waals surface area contributed by atoms with Gasteiger partial charge in [0.1, 0.15) is 0 Å². The summed E-state index contributed by atoms with van der Waals surface area (Å²) in [6.45, 7) is -6.24. The number of hydrogen-bond acceptors (Lipinski definition) is 2. The van der Waals surface area contributed by atoms with Crippen LogP contribution in [0.1, 0.15) is 33.5 Å². The van der Waals surface area contributed by atoms with Gasteiger partial charge in [-0.3, -0.25) is 0 Å². The van der Waals surface area contributed by atoms with Crippen LogP contribution in [0.25, 0.3) is 0 Å². The average molecular weight is 173 g/mol. The van der Waals surface area contributed by atoms with Crippen LogP contribution < -0.4 is 5.73 Å². The molecule has 2 heteroatoms. The Morgan fingerprint density at radius 3 is 2.50 bits per heavy atom. The van der Waals surface area contributed by atoms with Gasteiger partial charge in [0.05, 0.1) is 11.6 Å². The second kappa shape index (κ2) is 3.25. The van der Waals surface area contributed by atoms with Crippen LogP contribution in [0, 0.1) is 0 Å². The van der Waals surface area contributed by atoms with Gasteiger partial charge >= 0.3 is 0 Å². The van der Waals surface area contributed by atoms with Crippen molar-refractivity contribution < 1.29 is 13.3 Å². The Morgan fingerprint density at radius 2 is 2.00 bits per heavy atom. The Kier molecular flexibility index (Phi) is 1.06. The van der Waals surface area contributed by atoms with E-state index in [-0.39, 0.29) is 5.56 Å². The molecular weight excluding hydrogens is 152 g/mol. The molecule has 3 N–H and O–H groups in total. The third-order valence-electron chi connectivity index (χ3n) is 1.61. The Labute approximate surface area is 81.5 Å². The number of benzene rings is 1. The zero-order chi connectivity index (χ0) is 14.2. The van der Waals surface area contributed by atoms with Gasteiger partial charge < -0.3 is 10.8 Å². The van der Waals surface area contributed by atoms with Gasteiger partial charge in [-0.15, -0.1) is 0 Å². The van der Waals surface area contributed by atoms with Crippen molar-refractivity contribution in [3.63, 3.8) is 0 Å². The van der Waals surface area contributed by atoms with E-state index >= 15 is 0 Å². The van der Waals surface area contributed by atoms with Crippen molar-refractivity contribution in [2.24, 2.45) is 5.73 Å². The van der Waals surface area contributed by atoms with Crippen molar-refractivity contribution >= 4 is 0 Å². The normalized spacial score (nSPS) is 23.8. The molecule has 12 heavy (non-hydrogen) atoms. The zero-order valence-electron chi connectivity index (χ0n) is 12.5. The molecule has 66 valence electrons. The lowest BCUT2D eigenvalue weighted by atomic mass is 10.0. The molecule has 0 unspecified atom stereocenters. The van der Waals surface area contributed by atoms with Crippen molar-refractivity contribution in [2.45, 2.75) is 25.3 Å². The van der Waals surface area contributed by atoms with Gasteiger partial charge in [0.25, 0.3) is 0 Å². The Bertz CT molecular complexity index is 385. The molecule has 0 radical (unpaired) electrons. The molecule has 0 aromatic heterocycles. The predicted octanol–water partition coefficient (Wildman–Crippen LogP) is 1.46. The second-order valence-corrected chi connectivity index (χ2v) is 2.65. The minimum Gasteiger partial charge on any atom is -0.388 e. The van der Waals surface area contributed by atoms with Gasteiger partial charge in [0, 0.05) is 8.22 Å². The summed E-state index contributed by atoms with van der Waals surface area (Å²) >= 11 is 0. The van der Waals surface area contributed by atoms with Crippen LogP contribution in [-0.4, -0.2) is 10.7 Å². The summed E-state index contributed by atoms with van der Waals surface area (Å²) in [5, 5.41) is 10.2. The molecule has 0 fully saturated rings. The molecule has 0 bridgehead atoms. The lowest BCUT2D eigenvalue weighted by Crippen LogP contribution is -2.34. The lowest BCUT2D eigenvalue weighted by molar-refractivity contribution is 0.0517. The van der Waals surface area contributed by atoms with E-state index in [9.17, 15) is 5.11 Å². The highest BCUT2D eigenvalue weighted by Crippen LogP contribution is 2.21. The minimum atomic E-state index is -3.12. The van der Waals surface area contributed by atoms with E-state index in [1.807, 2.05) is 0 Å². The Balaban J connectivity index is 3.30. The summed E-state index contributed by atoms with van der Waals surface area (Å²) in [6, 6.07) is 6.29. The molecular formula is C10H15NO. The van der Waals surface area contributed by atoms with Crippen LogP contribution in [0.3, 0.4) is 0 Å². The Hall–Kier alpha value is -0.860. The quantitative estimate of drug-likeness (QED) is 0.665. The number of rotatable bonds is 2. The molecule has 0 heterocycles. The first-order chi connectivity index (χ1) is 8.02. The zero-order valence-corrected chi connectivity index (χ0v) is 6.49. The summed E-state index contributed by atoms with van der Waals surface area (Å²) in [4.78, 5) is 0. The van der Waals surface area contributed by atoms with Gasteiger partial charge in [0.2, 0.25) is 0 Å². The second-order valence-electron chi connectivity index (χ2n) is 2.65. The predicted molar refractivity (Wildman–Crippen MR) is 49.7 cm³/mol. The maximum absolute atomic E-state index is 10.2. The SMILES string of the molecule is [2H][13C]([2H])([2H])C(O)([C@@H](N)c1ccccc1)[13C]([2H])([2H])[2H]. The molecule has 1 rings (SSSR count). The van der Waals surface area contributed by atoms with E-state index in [1.54, 1.807) is 18.2 Å². The van der Waals surface area contributed by atoms with E-state index in [0.29, 0.717) is 0 Å². The van der Waals surface area contributed by atoms with Crippen molar-refractivity contribution in [1.29, 1.82) is 0 Å². The minimum absolute atomic E-state index is 0.257. The smallest absolute Gasteiger partial charge is 0.0783 e. The number of nitrogens with two attached hydrogens (primary N) is 1. The highest BCUT2D eigenvalue weighted by Gasteiger charge is 2.23. The molecule has 0 saturated heterocycles. The van der Waals surface area contributed by atoms with Gasteiger partial charge in [-0.2, -0.15) is 0 Å². The lowest BCUT2D eigenvalue weighted by Gasteiger charge is -2.25. The highest BCUT2D eigenvalue weighted by molar-refractivity contribution is 5.20. The number of aliphatic hydroxyl groups is 1. The van der Waals surface area contributed by atoms with Crippen LogP contribution >= 0.6 is 0 Å². The van der Waals surface area contributed by atoms with Crippen LogP contribution in [-0.2, 0) is 0 Å². The van der Waals surface area contributed by atoms with Crippen molar-refractivity contribution in [2.75, 3.05) is 0 Å².